The molecule has 0 atom stereocenters. The average Bonchev–Trinajstić information content (AvgIpc) is 2.29. The fourth-order valence-corrected chi connectivity index (χ4v) is 3.02. The standard InChI is InChI=1S/C12H24N2/c1-2-4-12(5-3-1)6-9-14-10-7-13-8-11-14/h12-13H,1-11H2/p+2. The van der Waals surface area contributed by atoms with E-state index in [0.29, 0.717) is 0 Å². The van der Waals surface area contributed by atoms with Gasteiger partial charge in [0, 0.05) is 0 Å². The number of rotatable bonds is 3. The van der Waals surface area contributed by atoms with Gasteiger partial charge in [-0.2, -0.15) is 0 Å². The van der Waals surface area contributed by atoms with E-state index in [1.54, 1.807) is 0 Å². The van der Waals surface area contributed by atoms with Gasteiger partial charge in [-0.05, 0) is 12.3 Å². The first-order chi connectivity index (χ1) is 6.95. The molecule has 2 rings (SSSR count). The van der Waals surface area contributed by atoms with Crippen molar-refractivity contribution in [2.45, 2.75) is 38.5 Å². The summed E-state index contributed by atoms with van der Waals surface area (Å²) in [7, 11) is 0. The van der Waals surface area contributed by atoms with Crippen LogP contribution < -0.4 is 10.2 Å². The number of quaternary nitrogens is 2. The molecule has 0 spiro atoms. The number of hydrogen-bond acceptors (Lipinski definition) is 0. The van der Waals surface area contributed by atoms with Gasteiger partial charge in [-0.1, -0.05) is 32.1 Å². The zero-order chi connectivity index (χ0) is 9.64. The maximum atomic E-state index is 2.46. The fraction of sp³-hybridized carbons (Fsp3) is 1.00. The molecule has 0 bridgehead atoms. The lowest BCUT2D eigenvalue weighted by Gasteiger charge is -2.26. The Balaban J connectivity index is 1.60. The van der Waals surface area contributed by atoms with E-state index in [-0.39, 0.29) is 0 Å². The second-order valence-corrected chi connectivity index (χ2v) is 5.16. The second kappa shape index (κ2) is 5.72. The second-order valence-electron chi connectivity index (χ2n) is 5.16. The molecular formula is C12H26N2+2. The molecule has 1 heterocycles. The summed E-state index contributed by atoms with van der Waals surface area (Å²) in [5, 5.41) is 2.46. The van der Waals surface area contributed by atoms with Gasteiger partial charge in [-0.3, -0.25) is 0 Å². The van der Waals surface area contributed by atoms with Crippen molar-refractivity contribution < 1.29 is 10.2 Å². The molecule has 1 saturated carbocycles. The molecule has 2 aliphatic rings. The van der Waals surface area contributed by atoms with E-state index in [9.17, 15) is 0 Å². The summed E-state index contributed by atoms with van der Waals surface area (Å²) in [5.74, 6) is 1.09. The molecule has 0 aromatic heterocycles. The summed E-state index contributed by atoms with van der Waals surface area (Å²) in [6.07, 6.45) is 9.08. The predicted molar refractivity (Wildman–Crippen MR) is 58.4 cm³/mol. The van der Waals surface area contributed by atoms with Gasteiger partial charge in [-0.25, -0.2) is 0 Å². The van der Waals surface area contributed by atoms with Crippen molar-refractivity contribution in [1.29, 1.82) is 0 Å². The summed E-state index contributed by atoms with van der Waals surface area (Å²) in [6.45, 7) is 7.00. The largest absolute Gasteiger partial charge is 0.337 e. The van der Waals surface area contributed by atoms with Crippen molar-refractivity contribution in [3.63, 3.8) is 0 Å². The predicted octanol–water partition coefficient (Wildman–Crippen LogP) is -0.581. The van der Waals surface area contributed by atoms with Gasteiger partial charge in [-0.15, -0.1) is 0 Å². The number of piperazine rings is 1. The minimum Gasteiger partial charge on any atom is -0.337 e. The van der Waals surface area contributed by atoms with Crippen LogP contribution in [0.4, 0.5) is 0 Å². The normalized spacial score (nSPS) is 26.6. The van der Waals surface area contributed by atoms with Crippen LogP contribution in [0.1, 0.15) is 38.5 Å². The highest BCUT2D eigenvalue weighted by molar-refractivity contribution is 4.65. The Morgan fingerprint density at radius 1 is 1.00 bits per heavy atom. The van der Waals surface area contributed by atoms with Gasteiger partial charge >= 0.3 is 0 Å². The molecule has 0 amide bonds. The molecule has 2 fully saturated rings. The third-order valence-corrected chi connectivity index (χ3v) is 4.03. The molecule has 14 heavy (non-hydrogen) atoms. The molecule has 0 unspecified atom stereocenters. The molecular weight excluding hydrogens is 172 g/mol. The molecule has 2 heteroatoms. The van der Waals surface area contributed by atoms with Crippen LogP contribution in [-0.2, 0) is 0 Å². The lowest BCUT2D eigenvalue weighted by molar-refractivity contribution is -0.947. The van der Waals surface area contributed by atoms with Crippen LogP contribution >= 0.6 is 0 Å². The Kier molecular flexibility index (Phi) is 4.26. The van der Waals surface area contributed by atoms with E-state index in [0.717, 1.165) is 5.92 Å². The Morgan fingerprint density at radius 2 is 1.71 bits per heavy atom. The van der Waals surface area contributed by atoms with E-state index >= 15 is 0 Å². The number of nitrogens with two attached hydrogens (primary N) is 1. The average molecular weight is 198 g/mol. The minimum atomic E-state index is 1.09. The Hall–Kier alpha value is -0.0800. The van der Waals surface area contributed by atoms with E-state index in [2.05, 4.69) is 5.32 Å². The van der Waals surface area contributed by atoms with Crippen LogP contribution in [0, 0.1) is 5.92 Å². The topological polar surface area (TPSA) is 21.1 Å². The minimum absolute atomic E-state index is 1.09. The smallest absolute Gasteiger partial charge is 0.127 e. The van der Waals surface area contributed by atoms with Crippen LogP contribution in [0.2, 0.25) is 0 Å². The Bertz CT molecular complexity index is 128. The SMILES string of the molecule is C1CCC(CC[NH+]2CC[NH2+]CC2)CC1. The molecule has 0 aromatic rings. The third kappa shape index (κ3) is 3.25. The lowest BCUT2D eigenvalue weighted by atomic mass is 9.87. The maximum absolute atomic E-state index is 2.46. The van der Waals surface area contributed by atoms with Crippen molar-refractivity contribution in [3.05, 3.63) is 0 Å². The van der Waals surface area contributed by atoms with E-state index in [1.807, 2.05) is 4.90 Å². The van der Waals surface area contributed by atoms with Crippen molar-refractivity contribution in [3.8, 4) is 0 Å². The van der Waals surface area contributed by atoms with Crippen LogP contribution in [0.5, 0.6) is 0 Å². The first-order valence-corrected chi connectivity index (χ1v) is 6.60. The number of hydrogen-bond donors (Lipinski definition) is 2. The molecule has 0 radical (unpaired) electrons. The molecule has 3 N–H and O–H groups in total. The molecule has 0 aromatic carbocycles. The van der Waals surface area contributed by atoms with Crippen molar-refractivity contribution in [1.82, 2.24) is 0 Å². The Labute approximate surface area is 88.1 Å². The van der Waals surface area contributed by atoms with E-state index in [4.69, 9.17) is 0 Å². The highest BCUT2D eigenvalue weighted by Crippen LogP contribution is 2.25. The molecule has 1 saturated heterocycles. The quantitative estimate of drug-likeness (QED) is 0.605. The van der Waals surface area contributed by atoms with Crippen LogP contribution in [0.15, 0.2) is 0 Å². The molecule has 1 aliphatic carbocycles. The van der Waals surface area contributed by atoms with Gasteiger partial charge in [0.2, 0.25) is 0 Å². The molecule has 1 aliphatic heterocycles. The summed E-state index contributed by atoms with van der Waals surface area (Å²) in [4.78, 5) is 1.87. The number of nitrogens with one attached hydrogen (secondary N) is 1. The van der Waals surface area contributed by atoms with Gasteiger partial charge in [0.05, 0.1) is 6.54 Å². The van der Waals surface area contributed by atoms with Crippen LogP contribution in [0.3, 0.4) is 0 Å². The lowest BCUT2D eigenvalue weighted by Crippen LogP contribution is -3.20. The molecule has 2 nitrogen and oxygen atoms in total. The zero-order valence-electron chi connectivity index (χ0n) is 9.43. The summed E-state index contributed by atoms with van der Waals surface area (Å²) < 4.78 is 0. The Morgan fingerprint density at radius 3 is 2.43 bits per heavy atom. The zero-order valence-corrected chi connectivity index (χ0v) is 9.43. The first-order valence-electron chi connectivity index (χ1n) is 6.60. The van der Waals surface area contributed by atoms with Crippen molar-refractivity contribution in [2.75, 3.05) is 32.7 Å². The van der Waals surface area contributed by atoms with Gasteiger partial charge in [0.15, 0.2) is 0 Å². The van der Waals surface area contributed by atoms with Gasteiger partial charge < -0.3 is 10.2 Å². The first kappa shape index (κ1) is 10.4. The highest BCUT2D eigenvalue weighted by Gasteiger charge is 2.19. The van der Waals surface area contributed by atoms with Gasteiger partial charge in [0.1, 0.15) is 26.2 Å². The van der Waals surface area contributed by atoms with Crippen molar-refractivity contribution in [2.24, 2.45) is 5.92 Å². The monoisotopic (exact) mass is 198 g/mol. The summed E-state index contributed by atoms with van der Waals surface area (Å²) in [5.41, 5.74) is 0. The fourth-order valence-electron chi connectivity index (χ4n) is 3.02. The van der Waals surface area contributed by atoms with Crippen molar-refractivity contribution >= 4 is 0 Å². The highest BCUT2D eigenvalue weighted by atomic mass is 15.2. The van der Waals surface area contributed by atoms with E-state index < -0.39 is 0 Å². The van der Waals surface area contributed by atoms with Gasteiger partial charge in [0.25, 0.3) is 0 Å². The summed E-state index contributed by atoms with van der Waals surface area (Å²) >= 11 is 0. The van der Waals surface area contributed by atoms with E-state index in [1.165, 1.54) is 71.2 Å². The third-order valence-electron chi connectivity index (χ3n) is 4.03. The summed E-state index contributed by atoms with van der Waals surface area (Å²) in [6, 6.07) is 0. The maximum Gasteiger partial charge on any atom is 0.127 e. The van der Waals surface area contributed by atoms with Crippen LogP contribution in [0.25, 0.3) is 0 Å². The molecule has 82 valence electrons. The van der Waals surface area contributed by atoms with Crippen LogP contribution in [-0.4, -0.2) is 32.7 Å².